The van der Waals surface area contributed by atoms with Crippen LogP contribution in [0.4, 0.5) is 18.9 Å². The molecule has 8 heteroatoms. The number of nitrogens with one attached hydrogen (secondary N) is 1. The molecule has 1 aromatic carbocycles. The van der Waals surface area contributed by atoms with E-state index < -0.39 is 31.9 Å². The van der Waals surface area contributed by atoms with Crippen LogP contribution in [-0.4, -0.2) is 30.7 Å². The van der Waals surface area contributed by atoms with Gasteiger partial charge >= 0.3 is 5.51 Å². The number of alkyl halides is 3. The molecule has 0 aliphatic heterocycles. The molecule has 2 N–H and O–H groups in total. The Labute approximate surface area is 115 Å². The van der Waals surface area contributed by atoms with E-state index in [4.69, 9.17) is 0 Å². The van der Waals surface area contributed by atoms with Crippen LogP contribution in [0.2, 0.25) is 0 Å². The fourth-order valence-electron chi connectivity index (χ4n) is 1.33. The number of aliphatic hydroxyl groups is 1. The first kappa shape index (κ1) is 16.8. The lowest BCUT2D eigenvalue weighted by Crippen LogP contribution is -2.41. The number of aliphatic hydroxyl groups excluding tert-OH is 1. The van der Waals surface area contributed by atoms with Crippen molar-refractivity contribution in [1.29, 1.82) is 0 Å². The molecule has 0 bridgehead atoms. The van der Waals surface area contributed by atoms with Crippen LogP contribution < -0.4 is 5.32 Å². The molecule has 0 fully saturated rings. The van der Waals surface area contributed by atoms with Crippen molar-refractivity contribution in [2.24, 2.45) is 0 Å². The van der Waals surface area contributed by atoms with Gasteiger partial charge in [-0.25, -0.2) is 8.42 Å². The second-order valence-corrected chi connectivity index (χ2v) is 6.94. The molecule has 0 radical (unpaired) electrons. The molecule has 1 rings (SSSR count). The van der Waals surface area contributed by atoms with Crippen LogP contribution in [0.5, 0.6) is 0 Å². The zero-order valence-corrected chi connectivity index (χ0v) is 12.0. The van der Waals surface area contributed by atoms with Gasteiger partial charge in [-0.15, -0.1) is 0 Å². The molecule has 1 unspecified atom stereocenters. The third-order valence-corrected chi connectivity index (χ3v) is 4.48. The monoisotopic (exact) mass is 311 g/mol. The Kier molecular flexibility index (Phi) is 4.40. The van der Waals surface area contributed by atoms with E-state index in [0.29, 0.717) is 5.69 Å². The van der Waals surface area contributed by atoms with Gasteiger partial charge in [-0.2, -0.15) is 13.2 Å². The Balaban J connectivity index is 3.02. The number of rotatable bonds is 4. The first-order chi connectivity index (χ1) is 8.88. The largest absolute Gasteiger partial charge is 0.501 e. The number of hydrogen-bond acceptors (Lipinski definition) is 4. The summed E-state index contributed by atoms with van der Waals surface area (Å²) in [5.41, 5.74) is -5.61. The van der Waals surface area contributed by atoms with E-state index in [1.54, 1.807) is 20.8 Å². The van der Waals surface area contributed by atoms with Gasteiger partial charge in [0.15, 0.2) is 0 Å². The van der Waals surface area contributed by atoms with Crippen molar-refractivity contribution in [3.05, 3.63) is 24.3 Å². The maximum absolute atomic E-state index is 12.4. The Hall–Kier alpha value is -1.28. The minimum absolute atomic E-state index is 0.414. The first-order valence-corrected chi connectivity index (χ1v) is 7.24. The van der Waals surface area contributed by atoms with Crippen LogP contribution in [0.15, 0.2) is 29.2 Å². The molecule has 1 aromatic rings. The van der Waals surface area contributed by atoms with Gasteiger partial charge in [0.2, 0.25) is 0 Å². The van der Waals surface area contributed by atoms with Gasteiger partial charge in [0.1, 0.15) is 0 Å². The summed E-state index contributed by atoms with van der Waals surface area (Å²) in [6.45, 7) is 4.98. The van der Waals surface area contributed by atoms with Crippen LogP contribution in [0.25, 0.3) is 0 Å². The normalized spacial score (nSPS) is 14.9. The van der Waals surface area contributed by atoms with Gasteiger partial charge in [-0.05, 0) is 45.0 Å². The van der Waals surface area contributed by atoms with Crippen LogP contribution in [0.1, 0.15) is 20.8 Å². The minimum atomic E-state index is -5.33. The highest BCUT2D eigenvalue weighted by Crippen LogP contribution is 2.31. The fraction of sp³-hybridized carbons (Fsp3) is 0.500. The highest BCUT2D eigenvalue weighted by molar-refractivity contribution is 7.92. The Morgan fingerprint density at radius 1 is 1.15 bits per heavy atom. The van der Waals surface area contributed by atoms with Crippen LogP contribution in [0, 0.1) is 0 Å². The van der Waals surface area contributed by atoms with Gasteiger partial charge in [0, 0.05) is 5.69 Å². The third kappa shape index (κ3) is 3.43. The van der Waals surface area contributed by atoms with E-state index in [1.165, 1.54) is 12.1 Å². The Bertz CT molecular complexity index is 563. The summed E-state index contributed by atoms with van der Waals surface area (Å²) in [7, 11) is -5.33. The molecular weight excluding hydrogens is 295 g/mol. The predicted octanol–water partition coefficient (Wildman–Crippen LogP) is 2.55. The molecule has 0 aromatic heterocycles. The Morgan fingerprint density at radius 3 is 1.95 bits per heavy atom. The minimum Gasteiger partial charge on any atom is -0.391 e. The molecule has 0 saturated heterocycles. The molecule has 0 spiro atoms. The highest BCUT2D eigenvalue weighted by atomic mass is 32.2. The smallest absolute Gasteiger partial charge is 0.391 e. The van der Waals surface area contributed by atoms with Crippen LogP contribution in [-0.2, 0) is 9.84 Å². The molecule has 4 nitrogen and oxygen atoms in total. The van der Waals surface area contributed by atoms with Crippen molar-refractivity contribution in [3.63, 3.8) is 0 Å². The van der Waals surface area contributed by atoms with Gasteiger partial charge in [-0.1, -0.05) is 0 Å². The number of sulfone groups is 1. The average Bonchev–Trinajstić information content (AvgIpc) is 2.27. The standard InChI is InChI=1S/C12H16F3NO3S/c1-8(17)11(2,3)16-9-4-6-10(7-5-9)20(18,19)12(13,14)15/h4-8,16-17H,1-3H3. The quantitative estimate of drug-likeness (QED) is 0.897. The molecule has 20 heavy (non-hydrogen) atoms. The summed E-state index contributed by atoms with van der Waals surface area (Å²) < 4.78 is 59.4. The summed E-state index contributed by atoms with van der Waals surface area (Å²) in [6, 6.07) is 4.21. The second-order valence-electron chi connectivity index (χ2n) is 5.00. The van der Waals surface area contributed by atoms with Crippen molar-refractivity contribution in [3.8, 4) is 0 Å². The fourth-order valence-corrected chi connectivity index (χ4v) is 2.09. The number of anilines is 1. The van der Waals surface area contributed by atoms with Gasteiger partial charge in [0.05, 0.1) is 16.5 Å². The van der Waals surface area contributed by atoms with Crippen LogP contribution >= 0.6 is 0 Å². The zero-order chi connectivity index (χ0) is 15.8. The summed E-state index contributed by atoms with van der Waals surface area (Å²) in [4.78, 5) is -0.814. The van der Waals surface area contributed by atoms with Gasteiger partial charge < -0.3 is 10.4 Å². The maximum atomic E-state index is 12.4. The van der Waals surface area contributed by atoms with Crippen LogP contribution in [0.3, 0.4) is 0 Å². The molecule has 0 heterocycles. The van der Waals surface area contributed by atoms with Crippen molar-refractivity contribution in [2.75, 3.05) is 5.32 Å². The molecule has 0 amide bonds. The Morgan fingerprint density at radius 2 is 1.60 bits per heavy atom. The SMILES string of the molecule is CC(O)C(C)(C)Nc1ccc(S(=O)(=O)C(F)(F)F)cc1. The van der Waals surface area contributed by atoms with E-state index >= 15 is 0 Å². The lowest BCUT2D eigenvalue weighted by molar-refractivity contribution is -0.0436. The molecule has 0 aliphatic carbocycles. The highest BCUT2D eigenvalue weighted by Gasteiger charge is 2.46. The molecular formula is C12H16F3NO3S. The predicted molar refractivity (Wildman–Crippen MR) is 69.1 cm³/mol. The molecule has 114 valence electrons. The number of hydrogen-bond donors (Lipinski definition) is 2. The lowest BCUT2D eigenvalue weighted by Gasteiger charge is -2.30. The van der Waals surface area contributed by atoms with E-state index in [0.717, 1.165) is 12.1 Å². The van der Waals surface area contributed by atoms with Crippen molar-refractivity contribution in [1.82, 2.24) is 0 Å². The van der Waals surface area contributed by atoms with Crippen molar-refractivity contribution < 1.29 is 26.7 Å². The summed E-state index contributed by atoms with van der Waals surface area (Å²) in [5.74, 6) is 0. The number of halogens is 3. The van der Waals surface area contributed by atoms with Gasteiger partial charge in [0.25, 0.3) is 9.84 Å². The maximum Gasteiger partial charge on any atom is 0.501 e. The van der Waals surface area contributed by atoms with Gasteiger partial charge in [-0.3, -0.25) is 0 Å². The number of benzene rings is 1. The average molecular weight is 311 g/mol. The molecule has 1 atom stereocenters. The summed E-state index contributed by atoms with van der Waals surface area (Å²) in [5, 5.41) is 12.4. The van der Waals surface area contributed by atoms with E-state index in [-0.39, 0.29) is 0 Å². The van der Waals surface area contributed by atoms with E-state index in [2.05, 4.69) is 5.32 Å². The lowest BCUT2D eigenvalue weighted by atomic mass is 9.98. The second kappa shape index (κ2) is 5.25. The zero-order valence-electron chi connectivity index (χ0n) is 11.2. The van der Waals surface area contributed by atoms with E-state index in [9.17, 15) is 26.7 Å². The first-order valence-electron chi connectivity index (χ1n) is 5.75. The molecule has 0 saturated carbocycles. The summed E-state index contributed by atoms with van der Waals surface area (Å²) >= 11 is 0. The van der Waals surface area contributed by atoms with Crippen molar-refractivity contribution >= 4 is 15.5 Å². The topological polar surface area (TPSA) is 66.4 Å². The molecule has 0 aliphatic rings. The third-order valence-electron chi connectivity index (χ3n) is 2.98. The van der Waals surface area contributed by atoms with E-state index in [1.807, 2.05) is 0 Å². The summed E-state index contributed by atoms with van der Waals surface area (Å²) in [6.07, 6.45) is -0.707. The van der Waals surface area contributed by atoms with Crippen molar-refractivity contribution in [2.45, 2.75) is 42.8 Å².